The Bertz CT molecular complexity index is 1230. The minimum absolute atomic E-state index is 0.0655. The van der Waals surface area contributed by atoms with Crippen LogP contribution in [0.5, 0.6) is 0 Å². The first-order chi connectivity index (χ1) is 17.4. The Hall–Kier alpha value is -3.88. The Balaban J connectivity index is 1.13. The molecule has 0 aromatic heterocycles. The number of alkyl carbamates (subject to hydrolysis) is 1. The number of benzene rings is 2. The Labute approximate surface area is 208 Å². The molecule has 3 fully saturated rings. The van der Waals surface area contributed by atoms with Crippen LogP contribution in [0.1, 0.15) is 42.7 Å². The van der Waals surface area contributed by atoms with Crippen molar-refractivity contribution in [2.75, 3.05) is 19.7 Å². The molecule has 3 saturated heterocycles. The zero-order chi connectivity index (χ0) is 25.0. The van der Waals surface area contributed by atoms with Crippen molar-refractivity contribution in [3.63, 3.8) is 0 Å². The lowest BCUT2D eigenvalue weighted by Gasteiger charge is -2.46. The van der Waals surface area contributed by atoms with E-state index < -0.39 is 36.1 Å². The molecule has 2 aromatic carbocycles. The summed E-state index contributed by atoms with van der Waals surface area (Å²) in [7, 11) is 0. The van der Waals surface area contributed by atoms with Crippen LogP contribution in [0.15, 0.2) is 48.5 Å². The fourth-order valence-corrected chi connectivity index (χ4v) is 6.58. The second-order valence-electron chi connectivity index (χ2n) is 10.1. The minimum Gasteiger partial charge on any atom is -0.481 e. The third-order valence-corrected chi connectivity index (χ3v) is 8.11. The average molecular weight is 490 g/mol. The predicted molar refractivity (Wildman–Crippen MR) is 128 cm³/mol. The fraction of sp³-hybridized carbons (Fsp3) is 0.407. The first-order valence-corrected chi connectivity index (χ1v) is 12.3. The van der Waals surface area contributed by atoms with Crippen molar-refractivity contribution >= 4 is 23.9 Å². The summed E-state index contributed by atoms with van der Waals surface area (Å²) in [5, 5.41) is 12.2. The van der Waals surface area contributed by atoms with E-state index in [4.69, 9.17) is 4.74 Å². The van der Waals surface area contributed by atoms with Gasteiger partial charge in [0.25, 0.3) is 0 Å². The van der Waals surface area contributed by atoms with Gasteiger partial charge in [-0.25, -0.2) is 4.79 Å². The van der Waals surface area contributed by atoms with Crippen LogP contribution < -0.4 is 5.32 Å². The number of piperazine rings is 1. The monoisotopic (exact) mass is 489 g/mol. The Kier molecular flexibility index (Phi) is 5.24. The SMILES string of the molecule is O=C(O)C[C@]12CCCN1C(=O)[C@@H]1C[C@H](NC(=O)OCC3c4ccccc4-c4ccccc43)CN1C2=O. The number of rotatable bonds is 5. The highest BCUT2D eigenvalue weighted by atomic mass is 16.5. The van der Waals surface area contributed by atoms with Crippen LogP contribution in [0.3, 0.4) is 0 Å². The van der Waals surface area contributed by atoms with Crippen LogP contribution in [0.25, 0.3) is 11.1 Å². The maximum absolute atomic E-state index is 13.4. The van der Waals surface area contributed by atoms with Crippen molar-refractivity contribution in [1.29, 1.82) is 0 Å². The molecule has 0 saturated carbocycles. The van der Waals surface area contributed by atoms with E-state index in [0.717, 1.165) is 22.3 Å². The molecule has 3 amide bonds. The second-order valence-corrected chi connectivity index (χ2v) is 10.1. The zero-order valence-electron chi connectivity index (χ0n) is 19.7. The van der Waals surface area contributed by atoms with Crippen molar-refractivity contribution < 1.29 is 29.0 Å². The highest BCUT2D eigenvalue weighted by Crippen LogP contribution is 2.45. The molecule has 36 heavy (non-hydrogen) atoms. The molecule has 0 unspecified atom stereocenters. The van der Waals surface area contributed by atoms with Gasteiger partial charge < -0.3 is 25.0 Å². The van der Waals surface area contributed by atoms with Gasteiger partial charge in [-0.2, -0.15) is 0 Å². The van der Waals surface area contributed by atoms with Gasteiger partial charge in [0, 0.05) is 19.0 Å². The molecule has 0 bridgehead atoms. The summed E-state index contributed by atoms with van der Waals surface area (Å²) >= 11 is 0. The summed E-state index contributed by atoms with van der Waals surface area (Å²) in [5.74, 6) is -1.73. The van der Waals surface area contributed by atoms with Crippen LogP contribution in [0, 0.1) is 0 Å². The summed E-state index contributed by atoms with van der Waals surface area (Å²) in [6.45, 7) is 0.717. The Morgan fingerprint density at radius 3 is 2.39 bits per heavy atom. The number of carboxylic acids is 1. The third kappa shape index (κ3) is 3.37. The maximum Gasteiger partial charge on any atom is 0.407 e. The number of hydrogen-bond acceptors (Lipinski definition) is 5. The van der Waals surface area contributed by atoms with Crippen LogP contribution in [0.4, 0.5) is 4.79 Å². The van der Waals surface area contributed by atoms with Crippen molar-refractivity contribution in [1.82, 2.24) is 15.1 Å². The fourth-order valence-electron chi connectivity index (χ4n) is 6.58. The molecular formula is C27H27N3O6. The van der Waals surface area contributed by atoms with Gasteiger partial charge in [-0.05, 0) is 41.5 Å². The van der Waals surface area contributed by atoms with Gasteiger partial charge in [-0.15, -0.1) is 0 Å². The lowest BCUT2D eigenvalue weighted by atomic mass is 9.87. The van der Waals surface area contributed by atoms with E-state index in [0.29, 0.717) is 19.4 Å². The molecule has 9 heteroatoms. The molecule has 6 rings (SSSR count). The molecule has 186 valence electrons. The zero-order valence-corrected chi connectivity index (χ0v) is 19.7. The van der Waals surface area contributed by atoms with E-state index in [2.05, 4.69) is 17.4 Å². The lowest BCUT2D eigenvalue weighted by molar-refractivity contribution is -0.168. The van der Waals surface area contributed by atoms with Gasteiger partial charge >= 0.3 is 12.1 Å². The van der Waals surface area contributed by atoms with E-state index in [-0.39, 0.29) is 37.3 Å². The van der Waals surface area contributed by atoms with Gasteiger partial charge in [-0.1, -0.05) is 48.5 Å². The van der Waals surface area contributed by atoms with Gasteiger partial charge in [0.1, 0.15) is 18.2 Å². The number of hydrogen-bond donors (Lipinski definition) is 2. The van der Waals surface area contributed by atoms with Crippen LogP contribution in [-0.4, -0.2) is 76.1 Å². The summed E-state index contributed by atoms with van der Waals surface area (Å²) in [6.07, 6.45) is 0.242. The smallest absolute Gasteiger partial charge is 0.407 e. The highest BCUT2D eigenvalue weighted by Gasteiger charge is 2.61. The van der Waals surface area contributed by atoms with Crippen LogP contribution in [0.2, 0.25) is 0 Å². The van der Waals surface area contributed by atoms with Crippen LogP contribution in [-0.2, 0) is 19.1 Å². The molecule has 0 spiro atoms. The topological polar surface area (TPSA) is 116 Å². The molecule has 3 aliphatic heterocycles. The number of carbonyl (C=O) groups excluding carboxylic acids is 3. The van der Waals surface area contributed by atoms with Crippen molar-refractivity contribution in [2.24, 2.45) is 0 Å². The molecule has 2 aromatic rings. The van der Waals surface area contributed by atoms with E-state index in [9.17, 15) is 24.3 Å². The van der Waals surface area contributed by atoms with E-state index >= 15 is 0 Å². The second kappa shape index (κ2) is 8.36. The van der Waals surface area contributed by atoms with Gasteiger partial charge in [-0.3, -0.25) is 14.4 Å². The lowest BCUT2D eigenvalue weighted by Crippen LogP contribution is -2.68. The molecule has 9 nitrogen and oxygen atoms in total. The standard InChI is InChI=1S/C27H27N3O6/c31-23(32)13-27-10-5-11-30(27)24(33)22-12-16(14-29(22)25(27)34)28-26(35)36-15-21-19-8-3-1-6-17(19)18-7-2-4-9-20(18)21/h1-4,6-9,16,21-22H,5,10-15H2,(H,28,35)(H,31,32)/t16-,22-,27-/m0/s1. The Morgan fingerprint density at radius 1 is 1.06 bits per heavy atom. The van der Waals surface area contributed by atoms with Crippen molar-refractivity contribution in [2.45, 2.75) is 49.2 Å². The number of carbonyl (C=O) groups is 4. The van der Waals surface area contributed by atoms with E-state index in [1.807, 2.05) is 36.4 Å². The quantitative estimate of drug-likeness (QED) is 0.666. The number of fused-ring (bicyclic) bond motifs is 5. The molecule has 3 atom stereocenters. The normalized spacial score (nSPS) is 26.3. The summed E-state index contributed by atoms with van der Waals surface area (Å²) in [4.78, 5) is 53.7. The molecule has 0 radical (unpaired) electrons. The van der Waals surface area contributed by atoms with E-state index in [1.54, 1.807) is 0 Å². The number of nitrogens with one attached hydrogen (secondary N) is 1. The highest BCUT2D eigenvalue weighted by molar-refractivity contribution is 6.02. The summed E-state index contributed by atoms with van der Waals surface area (Å²) in [5.41, 5.74) is 3.21. The van der Waals surface area contributed by atoms with E-state index in [1.165, 1.54) is 9.80 Å². The average Bonchev–Trinajstić information content (AvgIpc) is 3.56. The summed E-state index contributed by atoms with van der Waals surface area (Å²) in [6, 6.07) is 15.0. The number of carboxylic acid groups (broad SMARTS) is 1. The predicted octanol–water partition coefficient (Wildman–Crippen LogP) is 2.34. The molecule has 3 heterocycles. The summed E-state index contributed by atoms with van der Waals surface area (Å²) < 4.78 is 5.63. The van der Waals surface area contributed by atoms with Gasteiger partial charge in [0.15, 0.2) is 0 Å². The molecule has 2 N–H and O–H groups in total. The molecule has 4 aliphatic rings. The largest absolute Gasteiger partial charge is 0.481 e. The molecular weight excluding hydrogens is 462 g/mol. The number of nitrogens with zero attached hydrogens (tertiary/aromatic N) is 2. The Morgan fingerprint density at radius 2 is 1.72 bits per heavy atom. The van der Waals surface area contributed by atoms with Crippen molar-refractivity contribution in [3.05, 3.63) is 59.7 Å². The van der Waals surface area contributed by atoms with Gasteiger partial charge in [0.05, 0.1) is 12.5 Å². The van der Waals surface area contributed by atoms with Gasteiger partial charge in [0.2, 0.25) is 11.8 Å². The number of aliphatic carboxylic acids is 1. The first kappa shape index (κ1) is 22.6. The van der Waals surface area contributed by atoms with Crippen molar-refractivity contribution in [3.8, 4) is 11.1 Å². The number of amides is 3. The van der Waals surface area contributed by atoms with Crippen LogP contribution >= 0.6 is 0 Å². The maximum atomic E-state index is 13.4. The number of ether oxygens (including phenoxy) is 1. The first-order valence-electron chi connectivity index (χ1n) is 12.3. The minimum atomic E-state index is -1.31. The molecule has 1 aliphatic carbocycles. The third-order valence-electron chi connectivity index (χ3n) is 8.11.